The minimum absolute atomic E-state index is 0.154. The highest BCUT2D eigenvalue weighted by atomic mass is 31.2. The first-order valence-electron chi connectivity index (χ1n) is 21.9. The summed E-state index contributed by atoms with van der Waals surface area (Å²) in [6.45, 7) is 2.17. The standard InChI is InChI=1S/C46H79O10P/c1-3-5-7-9-11-13-15-17-19-20-21-22-24-25-27-29-31-33-35-37-45(49)53-41-44(42-55-57(51,52)54-40-43(48)39-47)56-46(50)38-36-34-32-30-28-26-23-18-16-14-12-10-8-6-4-2/h6,8,10-14,16-19,23,43-44,47-48H,3-5,7,9,15,20-22,24-42H2,1-2H3,(H,51,52)/b8-6+,12-10+,13-11+,16-14+,19-17+,23-18+/t43-,44+/m0/s1. The van der Waals surface area contributed by atoms with Crippen molar-refractivity contribution in [2.45, 2.75) is 180 Å². The number of aliphatic hydroxyl groups is 2. The fourth-order valence-corrected chi connectivity index (χ4v) is 6.35. The van der Waals surface area contributed by atoms with Crippen molar-refractivity contribution in [2.24, 2.45) is 0 Å². The second-order valence-electron chi connectivity index (χ2n) is 14.4. The Kier molecular flexibility index (Phi) is 39.7. The number of phosphoric acid groups is 1. The monoisotopic (exact) mass is 823 g/mol. The second-order valence-corrected chi connectivity index (χ2v) is 15.9. The molecule has 0 aromatic rings. The molecule has 0 aromatic heterocycles. The van der Waals surface area contributed by atoms with E-state index in [0.29, 0.717) is 12.8 Å². The summed E-state index contributed by atoms with van der Waals surface area (Å²) >= 11 is 0. The molecule has 0 aliphatic carbocycles. The fourth-order valence-electron chi connectivity index (χ4n) is 5.56. The molecule has 328 valence electrons. The number of hydrogen-bond acceptors (Lipinski definition) is 9. The molecule has 0 heterocycles. The lowest BCUT2D eigenvalue weighted by Crippen LogP contribution is -2.29. The number of carbonyl (C=O) groups excluding carboxylic acids is 2. The van der Waals surface area contributed by atoms with E-state index < -0.39 is 51.8 Å². The van der Waals surface area contributed by atoms with Crippen molar-refractivity contribution in [3.63, 3.8) is 0 Å². The van der Waals surface area contributed by atoms with Gasteiger partial charge in [-0.3, -0.25) is 18.6 Å². The molecule has 0 radical (unpaired) electrons. The number of unbranched alkanes of at least 4 members (excludes halogenated alkanes) is 17. The third-order valence-electron chi connectivity index (χ3n) is 8.94. The highest BCUT2D eigenvalue weighted by molar-refractivity contribution is 7.47. The number of allylic oxidation sites excluding steroid dienone is 12. The van der Waals surface area contributed by atoms with E-state index in [2.05, 4.69) is 54.8 Å². The van der Waals surface area contributed by atoms with Crippen LogP contribution in [0.25, 0.3) is 0 Å². The van der Waals surface area contributed by atoms with Gasteiger partial charge in [-0.25, -0.2) is 4.57 Å². The van der Waals surface area contributed by atoms with E-state index in [4.69, 9.17) is 19.1 Å². The molecule has 0 aliphatic heterocycles. The predicted molar refractivity (Wildman–Crippen MR) is 233 cm³/mol. The van der Waals surface area contributed by atoms with E-state index in [1.807, 2.05) is 36.5 Å². The Labute approximate surface area is 346 Å². The Morgan fingerprint density at radius 2 is 1.04 bits per heavy atom. The molecule has 3 atom stereocenters. The van der Waals surface area contributed by atoms with Crippen LogP contribution in [-0.4, -0.2) is 65.7 Å². The Balaban J connectivity index is 4.32. The first-order chi connectivity index (χ1) is 27.7. The van der Waals surface area contributed by atoms with E-state index in [-0.39, 0.29) is 19.4 Å². The summed E-state index contributed by atoms with van der Waals surface area (Å²) in [5.41, 5.74) is 0. The summed E-state index contributed by atoms with van der Waals surface area (Å²) < 4.78 is 32.7. The normalized spacial score (nSPS) is 14.5. The lowest BCUT2D eigenvalue weighted by atomic mass is 10.1. The Bertz CT molecular complexity index is 1180. The molecule has 0 aliphatic rings. The number of carbonyl (C=O) groups is 2. The molecule has 0 rings (SSSR count). The van der Waals surface area contributed by atoms with Crippen LogP contribution in [0.4, 0.5) is 0 Å². The molecule has 0 amide bonds. The molecule has 0 saturated carbocycles. The van der Waals surface area contributed by atoms with Crippen molar-refractivity contribution in [2.75, 3.05) is 26.4 Å². The number of esters is 2. The topological polar surface area (TPSA) is 149 Å². The molecule has 0 fully saturated rings. The van der Waals surface area contributed by atoms with Gasteiger partial charge in [0.2, 0.25) is 0 Å². The van der Waals surface area contributed by atoms with Crippen LogP contribution in [-0.2, 0) is 32.7 Å². The van der Waals surface area contributed by atoms with Gasteiger partial charge in [0.25, 0.3) is 0 Å². The Morgan fingerprint density at radius 1 is 0.561 bits per heavy atom. The van der Waals surface area contributed by atoms with Crippen LogP contribution in [0.3, 0.4) is 0 Å². The maximum Gasteiger partial charge on any atom is 0.472 e. The van der Waals surface area contributed by atoms with Gasteiger partial charge in [0.05, 0.1) is 19.8 Å². The summed E-state index contributed by atoms with van der Waals surface area (Å²) in [5, 5.41) is 18.3. The lowest BCUT2D eigenvalue weighted by Gasteiger charge is -2.20. The highest BCUT2D eigenvalue weighted by Gasteiger charge is 2.27. The minimum atomic E-state index is -4.63. The molecular formula is C46H79O10P. The molecule has 10 nitrogen and oxygen atoms in total. The average Bonchev–Trinajstić information content (AvgIpc) is 3.20. The van der Waals surface area contributed by atoms with Crippen molar-refractivity contribution < 1.29 is 47.8 Å². The molecule has 0 aromatic carbocycles. The third kappa shape index (κ3) is 41.4. The summed E-state index contributed by atoms with van der Waals surface area (Å²) in [6, 6.07) is 0. The Hall–Kier alpha value is -2.59. The van der Waals surface area contributed by atoms with Gasteiger partial charge < -0.3 is 24.6 Å². The minimum Gasteiger partial charge on any atom is -0.462 e. The average molecular weight is 823 g/mol. The quantitative estimate of drug-likeness (QED) is 0.0179. The van der Waals surface area contributed by atoms with Crippen molar-refractivity contribution in [1.82, 2.24) is 0 Å². The molecule has 1 unspecified atom stereocenters. The van der Waals surface area contributed by atoms with Crippen LogP contribution in [0, 0.1) is 0 Å². The zero-order valence-electron chi connectivity index (χ0n) is 35.5. The summed E-state index contributed by atoms with van der Waals surface area (Å²) in [7, 11) is -4.63. The number of aliphatic hydroxyl groups excluding tert-OH is 2. The molecule has 11 heteroatoms. The number of hydrogen-bond donors (Lipinski definition) is 3. The van der Waals surface area contributed by atoms with Crippen molar-refractivity contribution in [3.8, 4) is 0 Å². The van der Waals surface area contributed by atoms with Gasteiger partial charge in [-0.15, -0.1) is 0 Å². The number of phosphoric ester groups is 1. The molecule has 0 saturated heterocycles. The van der Waals surface area contributed by atoms with Gasteiger partial charge in [-0.05, 0) is 64.2 Å². The van der Waals surface area contributed by atoms with Gasteiger partial charge in [-0.1, -0.05) is 164 Å². The summed E-state index contributed by atoms with van der Waals surface area (Å²) in [4.78, 5) is 35.0. The van der Waals surface area contributed by atoms with Crippen molar-refractivity contribution >= 4 is 19.8 Å². The molecule has 57 heavy (non-hydrogen) atoms. The van der Waals surface area contributed by atoms with Crippen LogP contribution in [0.2, 0.25) is 0 Å². The van der Waals surface area contributed by atoms with Crippen LogP contribution >= 0.6 is 7.82 Å². The molecule has 0 bridgehead atoms. The van der Waals surface area contributed by atoms with Crippen molar-refractivity contribution in [3.05, 3.63) is 72.9 Å². The van der Waals surface area contributed by atoms with E-state index in [0.717, 1.165) is 70.6 Å². The zero-order valence-corrected chi connectivity index (χ0v) is 36.4. The number of rotatable bonds is 40. The SMILES string of the molecule is CC/C=C/C=C/C=C/C=C/CCCCCCCC(=O)O[C@H](COC(=O)CCCCCCCCCCC/C=C/C/C=C/CCCCC)COP(=O)(O)OC[C@@H](O)CO. The first kappa shape index (κ1) is 54.4. The fraction of sp³-hybridized carbons (Fsp3) is 0.696. The lowest BCUT2D eigenvalue weighted by molar-refractivity contribution is -0.161. The van der Waals surface area contributed by atoms with E-state index in [9.17, 15) is 24.2 Å². The maximum atomic E-state index is 12.6. The van der Waals surface area contributed by atoms with Gasteiger partial charge in [0.15, 0.2) is 6.10 Å². The maximum absolute atomic E-state index is 12.6. The smallest absolute Gasteiger partial charge is 0.462 e. The Morgan fingerprint density at radius 3 is 1.60 bits per heavy atom. The number of ether oxygens (including phenoxy) is 2. The highest BCUT2D eigenvalue weighted by Crippen LogP contribution is 2.43. The van der Waals surface area contributed by atoms with Gasteiger partial charge in [0, 0.05) is 12.8 Å². The van der Waals surface area contributed by atoms with Gasteiger partial charge in [0.1, 0.15) is 12.7 Å². The molecule has 3 N–H and O–H groups in total. The third-order valence-corrected chi connectivity index (χ3v) is 9.89. The van der Waals surface area contributed by atoms with Crippen molar-refractivity contribution in [1.29, 1.82) is 0 Å². The molecular weight excluding hydrogens is 743 g/mol. The largest absolute Gasteiger partial charge is 0.472 e. The second kappa shape index (κ2) is 41.6. The zero-order chi connectivity index (χ0) is 41.9. The van der Waals surface area contributed by atoms with Gasteiger partial charge in [-0.2, -0.15) is 0 Å². The van der Waals surface area contributed by atoms with Crippen LogP contribution in [0.15, 0.2) is 72.9 Å². The van der Waals surface area contributed by atoms with Crippen LogP contribution in [0.5, 0.6) is 0 Å². The van der Waals surface area contributed by atoms with Gasteiger partial charge >= 0.3 is 19.8 Å². The summed E-state index contributed by atoms with van der Waals surface area (Å²) in [5.74, 6) is -0.962. The molecule has 0 spiro atoms. The van der Waals surface area contributed by atoms with Crippen LogP contribution in [0.1, 0.15) is 168 Å². The van der Waals surface area contributed by atoms with Crippen LogP contribution < -0.4 is 0 Å². The van der Waals surface area contributed by atoms with E-state index >= 15 is 0 Å². The predicted octanol–water partition coefficient (Wildman–Crippen LogP) is 11.7. The van der Waals surface area contributed by atoms with E-state index in [1.54, 1.807) is 0 Å². The first-order valence-corrected chi connectivity index (χ1v) is 23.4. The summed E-state index contributed by atoms with van der Waals surface area (Å²) in [6.07, 6.45) is 47.2. The van der Waals surface area contributed by atoms with E-state index in [1.165, 1.54) is 57.8 Å².